The molecule has 0 saturated carbocycles. The summed E-state index contributed by atoms with van der Waals surface area (Å²) in [6, 6.07) is 65.1. The van der Waals surface area contributed by atoms with Crippen LogP contribution in [0.25, 0.3) is 65.3 Å². The predicted octanol–water partition coefficient (Wildman–Crippen LogP) is 15.9. The van der Waals surface area contributed by atoms with Gasteiger partial charge >= 0.3 is 0 Å². The van der Waals surface area contributed by atoms with Crippen LogP contribution < -0.4 is 0 Å². The van der Waals surface area contributed by atoms with E-state index in [0.29, 0.717) is 11.1 Å². The number of likely N-dealkylation sites (N-methyl/N-ethyl adjacent to an activating group) is 1. The third kappa shape index (κ3) is 6.85. The Labute approximate surface area is 397 Å². The summed E-state index contributed by atoms with van der Waals surface area (Å²) in [6.45, 7) is 2.27. The van der Waals surface area contributed by atoms with Crippen LogP contribution in [0.2, 0.25) is 0 Å². The Morgan fingerprint density at radius 3 is 1.75 bits per heavy atom. The van der Waals surface area contributed by atoms with E-state index in [4.69, 9.17) is 4.99 Å². The summed E-state index contributed by atoms with van der Waals surface area (Å²) in [4.78, 5) is 8.23. The van der Waals surface area contributed by atoms with Gasteiger partial charge in [0.25, 0.3) is 0 Å². The molecule has 3 unspecified atom stereocenters. The van der Waals surface area contributed by atoms with Gasteiger partial charge in [-0.1, -0.05) is 165 Å². The van der Waals surface area contributed by atoms with Gasteiger partial charge in [-0.2, -0.15) is 10.5 Å². The molecular weight excluding hydrogens is 825 g/mol. The Morgan fingerprint density at radius 2 is 1.16 bits per heavy atom. The minimum absolute atomic E-state index is 0.158. The third-order valence-electron chi connectivity index (χ3n) is 14.7. The highest BCUT2D eigenvalue weighted by Gasteiger charge is 2.36. The standard InChI is InChI=1S/C64H46N4/c1-64(50-29-21-42(40-66)22-30-50)33-31-46(32-34-64)63-67-61-59(58-36-48-12-4-6-14-52(48)54-16-8-10-18-56(54)58)37-49(57-35-47-11-3-5-13-51(47)53-15-7-9-17-55(53)57)38-60(61)62(68(63)2)45-27-25-44(26-28-45)43-23-19-41(39-65)20-24-43/h3-25,27-33,35-38,44,62H,26,34H2,1-2H3. The van der Waals surface area contributed by atoms with Crippen LogP contribution in [-0.4, -0.2) is 17.8 Å². The van der Waals surface area contributed by atoms with Crippen LogP contribution in [-0.2, 0) is 5.41 Å². The lowest BCUT2D eigenvalue weighted by Crippen LogP contribution is -2.36. The molecule has 0 saturated heterocycles. The first-order valence-corrected chi connectivity index (χ1v) is 23.5. The van der Waals surface area contributed by atoms with E-state index in [1.807, 2.05) is 24.3 Å². The number of hydrogen-bond donors (Lipinski definition) is 0. The zero-order chi connectivity index (χ0) is 45.9. The van der Waals surface area contributed by atoms with E-state index in [1.54, 1.807) is 0 Å². The molecule has 0 radical (unpaired) electrons. The van der Waals surface area contributed by atoms with Crippen LogP contribution in [0.5, 0.6) is 0 Å². The van der Waals surface area contributed by atoms with Gasteiger partial charge in [-0.05, 0) is 138 Å². The first kappa shape index (κ1) is 40.9. The van der Waals surface area contributed by atoms with E-state index < -0.39 is 0 Å². The molecule has 0 bridgehead atoms. The lowest BCUT2D eigenvalue weighted by molar-refractivity contribution is 0.418. The Hall–Kier alpha value is -8.57. The van der Waals surface area contributed by atoms with Crippen molar-refractivity contribution in [2.75, 3.05) is 7.05 Å². The molecule has 4 nitrogen and oxygen atoms in total. The number of amidine groups is 1. The summed E-state index contributed by atoms with van der Waals surface area (Å²) < 4.78 is 0. The average Bonchev–Trinajstić information content (AvgIpc) is 3.40. The van der Waals surface area contributed by atoms with Crippen molar-refractivity contribution < 1.29 is 0 Å². The van der Waals surface area contributed by atoms with Crippen molar-refractivity contribution in [3.63, 3.8) is 0 Å². The van der Waals surface area contributed by atoms with Crippen molar-refractivity contribution in [2.45, 2.75) is 37.1 Å². The molecular formula is C64H46N4. The molecule has 3 atom stereocenters. The van der Waals surface area contributed by atoms with E-state index in [1.165, 1.54) is 65.4 Å². The van der Waals surface area contributed by atoms with Gasteiger partial charge in [0.2, 0.25) is 0 Å². The van der Waals surface area contributed by atoms with E-state index in [2.05, 4.69) is 213 Å². The molecule has 0 fully saturated rings. The number of hydrogen-bond acceptors (Lipinski definition) is 4. The highest BCUT2D eigenvalue weighted by atomic mass is 15.2. The largest absolute Gasteiger partial charge is 0.348 e. The fourth-order valence-corrected chi connectivity index (χ4v) is 11.0. The van der Waals surface area contributed by atoms with E-state index in [-0.39, 0.29) is 17.4 Å². The molecule has 4 heteroatoms. The van der Waals surface area contributed by atoms with Crippen LogP contribution in [0.3, 0.4) is 0 Å². The molecule has 12 rings (SSSR count). The summed E-state index contributed by atoms with van der Waals surface area (Å²) in [5.74, 6) is 1.13. The molecule has 0 amide bonds. The maximum absolute atomic E-state index is 9.51. The Balaban J connectivity index is 1.10. The van der Waals surface area contributed by atoms with Gasteiger partial charge in [0, 0.05) is 35.1 Å². The first-order valence-electron chi connectivity index (χ1n) is 23.5. The van der Waals surface area contributed by atoms with Gasteiger partial charge in [0.15, 0.2) is 0 Å². The summed E-state index contributed by atoms with van der Waals surface area (Å²) in [7, 11) is 2.21. The molecule has 68 heavy (non-hydrogen) atoms. The second-order valence-electron chi connectivity index (χ2n) is 18.7. The quantitative estimate of drug-likeness (QED) is 0.156. The van der Waals surface area contributed by atoms with Gasteiger partial charge in [-0.3, -0.25) is 0 Å². The third-order valence-corrected chi connectivity index (χ3v) is 14.7. The predicted molar refractivity (Wildman–Crippen MR) is 281 cm³/mol. The summed E-state index contributed by atoms with van der Waals surface area (Å²) in [6.07, 6.45) is 15.7. The molecule has 1 aliphatic heterocycles. The average molecular weight is 871 g/mol. The molecule has 0 aromatic heterocycles. The molecule has 9 aromatic carbocycles. The smallest absolute Gasteiger partial charge is 0.136 e. The number of benzene rings is 9. The van der Waals surface area contributed by atoms with Crippen molar-refractivity contribution in [1.29, 1.82) is 10.5 Å². The maximum Gasteiger partial charge on any atom is 0.136 e. The zero-order valence-electron chi connectivity index (χ0n) is 38.0. The Kier molecular flexibility index (Phi) is 9.86. The molecule has 322 valence electrons. The van der Waals surface area contributed by atoms with Crippen molar-refractivity contribution in [2.24, 2.45) is 4.99 Å². The number of allylic oxidation sites excluding steroid dienone is 4. The highest BCUT2D eigenvalue weighted by molar-refractivity contribution is 6.17. The summed E-state index contributed by atoms with van der Waals surface area (Å²) in [5.41, 5.74) is 12.5. The van der Waals surface area contributed by atoms with Gasteiger partial charge in [-0.25, -0.2) is 4.99 Å². The zero-order valence-corrected chi connectivity index (χ0v) is 38.0. The molecule has 2 aliphatic carbocycles. The number of fused-ring (bicyclic) bond motifs is 7. The molecule has 0 N–H and O–H groups in total. The summed E-state index contributed by atoms with van der Waals surface area (Å²) in [5, 5.41) is 28.8. The van der Waals surface area contributed by atoms with E-state index >= 15 is 0 Å². The summed E-state index contributed by atoms with van der Waals surface area (Å²) >= 11 is 0. The van der Waals surface area contributed by atoms with Crippen LogP contribution >= 0.6 is 0 Å². The molecule has 3 aliphatic rings. The van der Waals surface area contributed by atoms with Crippen LogP contribution in [0.4, 0.5) is 5.69 Å². The Morgan fingerprint density at radius 1 is 0.588 bits per heavy atom. The number of nitrogens with zero attached hydrogens (tertiary/aromatic N) is 4. The lowest BCUT2D eigenvalue weighted by atomic mass is 9.75. The fourth-order valence-electron chi connectivity index (χ4n) is 11.0. The normalized spacial score (nSPS) is 18.8. The fraction of sp³-hybridized carbons (Fsp3) is 0.109. The van der Waals surface area contributed by atoms with Crippen LogP contribution in [0, 0.1) is 22.7 Å². The van der Waals surface area contributed by atoms with Crippen molar-refractivity contribution in [1.82, 2.24) is 4.90 Å². The van der Waals surface area contributed by atoms with Gasteiger partial charge < -0.3 is 4.90 Å². The Bertz CT molecular complexity index is 3790. The molecule has 1 heterocycles. The van der Waals surface area contributed by atoms with E-state index in [0.717, 1.165) is 52.2 Å². The highest BCUT2D eigenvalue weighted by Crippen LogP contribution is 2.51. The molecule has 0 spiro atoms. The lowest BCUT2D eigenvalue weighted by Gasteiger charge is -2.40. The second-order valence-corrected chi connectivity index (χ2v) is 18.7. The maximum atomic E-state index is 9.51. The van der Waals surface area contributed by atoms with Crippen molar-refractivity contribution >= 4 is 54.6 Å². The van der Waals surface area contributed by atoms with E-state index in [9.17, 15) is 10.5 Å². The van der Waals surface area contributed by atoms with Gasteiger partial charge in [0.1, 0.15) is 5.84 Å². The van der Waals surface area contributed by atoms with Crippen LogP contribution in [0.15, 0.2) is 222 Å². The van der Waals surface area contributed by atoms with Crippen LogP contribution in [0.1, 0.15) is 59.5 Å². The number of rotatable bonds is 6. The van der Waals surface area contributed by atoms with Crippen molar-refractivity contribution in [3.05, 3.63) is 245 Å². The minimum atomic E-state index is -0.232. The molecule has 9 aromatic rings. The number of nitriles is 2. The monoisotopic (exact) mass is 870 g/mol. The SMILES string of the molecule is CN1C(C2=CCC(C)(c3ccc(C#N)cc3)C=C2)=Nc2c(-c3cc4ccccc4c4ccccc34)cc(-c3cc4ccccc4c4ccccc34)cc2C1C1=CCC(c2ccc(C#N)cc2)C=C1. The van der Waals surface area contributed by atoms with Gasteiger partial charge in [-0.15, -0.1) is 0 Å². The van der Waals surface area contributed by atoms with Crippen molar-refractivity contribution in [3.8, 4) is 34.4 Å². The number of aliphatic imine (C=N–C) groups is 1. The first-order chi connectivity index (χ1) is 33.4. The minimum Gasteiger partial charge on any atom is -0.348 e. The topological polar surface area (TPSA) is 63.2 Å². The second kappa shape index (κ2) is 16.4. The van der Waals surface area contributed by atoms with Gasteiger partial charge in [0.05, 0.1) is 35.0 Å².